The van der Waals surface area contributed by atoms with Crippen molar-refractivity contribution in [2.45, 2.75) is 71.0 Å². The number of carbonyl (C=O) groups is 2. The zero-order valence-corrected chi connectivity index (χ0v) is 23.6. The van der Waals surface area contributed by atoms with E-state index in [1.165, 1.54) is 6.92 Å². The van der Waals surface area contributed by atoms with E-state index in [-0.39, 0.29) is 29.2 Å². The molecule has 1 fully saturated rings. The number of rotatable bonds is 10. The SMILES string of the molecule is COc1cc2c(c(OC)c1OC)-c1ccc(N[C@H](CC(C)C)C(=O)NC3CC3)c(=O)cc1[C@@H](NC(C)=O)CC2. The maximum atomic E-state index is 13.6. The third kappa shape index (κ3) is 6.29. The van der Waals surface area contributed by atoms with Crippen LogP contribution in [0, 0.1) is 5.92 Å². The van der Waals surface area contributed by atoms with E-state index in [2.05, 4.69) is 16.0 Å². The van der Waals surface area contributed by atoms with Crippen LogP contribution in [0.5, 0.6) is 17.2 Å². The van der Waals surface area contributed by atoms with Crippen LogP contribution in [0.25, 0.3) is 11.1 Å². The lowest BCUT2D eigenvalue weighted by Gasteiger charge is -2.20. The second kappa shape index (κ2) is 12.0. The molecule has 0 radical (unpaired) electrons. The van der Waals surface area contributed by atoms with E-state index < -0.39 is 12.1 Å². The maximum absolute atomic E-state index is 13.6. The summed E-state index contributed by atoms with van der Waals surface area (Å²) in [7, 11) is 4.69. The summed E-state index contributed by atoms with van der Waals surface area (Å²) < 4.78 is 17.1. The van der Waals surface area contributed by atoms with Crippen LogP contribution in [-0.2, 0) is 16.0 Å². The fraction of sp³-hybridized carbons (Fsp3) is 0.500. The van der Waals surface area contributed by atoms with E-state index in [1.54, 1.807) is 33.5 Å². The van der Waals surface area contributed by atoms with Crippen molar-refractivity contribution in [3.8, 4) is 28.4 Å². The lowest BCUT2D eigenvalue weighted by atomic mass is 9.95. The zero-order chi connectivity index (χ0) is 28.3. The molecule has 2 atom stereocenters. The van der Waals surface area contributed by atoms with Crippen molar-refractivity contribution in [3.05, 3.63) is 45.6 Å². The third-order valence-corrected chi connectivity index (χ3v) is 7.19. The average molecular weight is 538 g/mol. The summed E-state index contributed by atoms with van der Waals surface area (Å²) in [6.45, 7) is 5.56. The Hall–Kier alpha value is -3.75. The maximum Gasteiger partial charge on any atom is 0.242 e. The van der Waals surface area contributed by atoms with Crippen molar-refractivity contribution in [2.24, 2.45) is 5.92 Å². The number of hydrogen-bond donors (Lipinski definition) is 3. The molecular formula is C30H39N3O6. The van der Waals surface area contributed by atoms with Crippen LogP contribution in [0.1, 0.15) is 63.6 Å². The molecule has 2 aromatic carbocycles. The molecule has 0 aliphatic heterocycles. The first-order valence-electron chi connectivity index (χ1n) is 13.5. The first-order valence-corrected chi connectivity index (χ1v) is 13.5. The molecule has 2 aromatic rings. The molecule has 0 aromatic heterocycles. The number of methoxy groups -OCH3 is 3. The summed E-state index contributed by atoms with van der Waals surface area (Å²) in [4.78, 5) is 38.8. The van der Waals surface area contributed by atoms with Gasteiger partial charge >= 0.3 is 0 Å². The number of nitrogens with one attached hydrogen (secondary N) is 3. The Morgan fingerprint density at radius 3 is 2.28 bits per heavy atom. The Labute approximate surface area is 229 Å². The van der Waals surface area contributed by atoms with Gasteiger partial charge in [0.1, 0.15) is 6.04 Å². The van der Waals surface area contributed by atoms with Gasteiger partial charge < -0.3 is 30.2 Å². The Kier molecular flexibility index (Phi) is 8.67. The molecule has 2 amide bonds. The highest BCUT2D eigenvalue weighted by atomic mass is 16.5. The predicted octanol–water partition coefficient (Wildman–Crippen LogP) is 3.97. The summed E-state index contributed by atoms with van der Waals surface area (Å²) in [5.41, 5.74) is 3.21. The molecular weight excluding hydrogens is 498 g/mol. The fourth-order valence-electron chi connectivity index (χ4n) is 5.25. The fourth-order valence-corrected chi connectivity index (χ4v) is 5.25. The van der Waals surface area contributed by atoms with Crippen LogP contribution >= 0.6 is 0 Å². The van der Waals surface area contributed by atoms with Crippen LogP contribution in [0.2, 0.25) is 0 Å². The van der Waals surface area contributed by atoms with Gasteiger partial charge in [-0.25, -0.2) is 0 Å². The van der Waals surface area contributed by atoms with Crippen molar-refractivity contribution >= 4 is 17.5 Å². The van der Waals surface area contributed by atoms with E-state index >= 15 is 0 Å². The molecule has 4 rings (SSSR count). The van der Waals surface area contributed by atoms with E-state index in [4.69, 9.17) is 14.2 Å². The van der Waals surface area contributed by atoms with Gasteiger partial charge in [-0.1, -0.05) is 19.9 Å². The molecule has 9 nitrogen and oxygen atoms in total. The Balaban J connectivity index is 1.88. The molecule has 2 aliphatic rings. The topological polar surface area (TPSA) is 115 Å². The van der Waals surface area contributed by atoms with E-state index in [1.807, 2.05) is 26.0 Å². The van der Waals surface area contributed by atoms with Crippen molar-refractivity contribution in [1.82, 2.24) is 10.6 Å². The molecule has 0 heterocycles. The minimum absolute atomic E-state index is 0.0985. The number of amides is 2. The molecule has 1 saturated carbocycles. The van der Waals surface area contributed by atoms with Gasteiger partial charge in [-0.05, 0) is 72.9 Å². The molecule has 0 bridgehead atoms. The number of aryl methyl sites for hydroxylation is 1. The number of hydrogen-bond acceptors (Lipinski definition) is 7. The second-order valence-corrected chi connectivity index (χ2v) is 10.7. The third-order valence-electron chi connectivity index (χ3n) is 7.19. The van der Waals surface area contributed by atoms with E-state index in [0.717, 1.165) is 29.5 Å². The number of carbonyl (C=O) groups excluding carboxylic acids is 2. The standard InChI is InChI=1S/C30H39N3O6/c1-16(2)13-24(30(36)32-19-8-9-19)33-23-12-10-20-21(15-25(23)35)22(31-17(3)34)11-7-18-14-26(37-4)28(38-5)29(39-6)27(18)20/h10,12,14-16,19,22,24H,7-9,11,13H2,1-6H3,(H,31,34)(H,32,36)(H,33,35)/t22-,24+/m0/s1. The van der Waals surface area contributed by atoms with Gasteiger partial charge in [0.05, 0.1) is 33.1 Å². The van der Waals surface area contributed by atoms with Crippen LogP contribution in [0.4, 0.5) is 5.69 Å². The lowest BCUT2D eigenvalue weighted by molar-refractivity contribution is -0.122. The largest absolute Gasteiger partial charge is 0.493 e. The van der Waals surface area contributed by atoms with Crippen molar-refractivity contribution < 1.29 is 23.8 Å². The normalized spacial score (nSPS) is 16.7. The summed E-state index contributed by atoms with van der Waals surface area (Å²) >= 11 is 0. The molecule has 0 saturated heterocycles. The first-order chi connectivity index (χ1) is 18.7. The second-order valence-electron chi connectivity index (χ2n) is 10.7. The molecule has 0 spiro atoms. The van der Waals surface area contributed by atoms with Gasteiger partial charge in [0.15, 0.2) is 11.5 Å². The van der Waals surface area contributed by atoms with Gasteiger partial charge in [0.2, 0.25) is 23.0 Å². The van der Waals surface area contributed by atoms with Gasteiger partial charge in [0, 0.05) is 18.5 Å². The van der Waals surface area contributed by atoms with Crippen LogP contribution in [0.3, 0.4) is 0 Å². The number of fused-ring (bicyclic) bond motifs is 3. The highest BCUT2D eigenvalue weighted by Gasteiger charge is 2.31. The van der Waals surface area contributed by atoms with Crippen LogP contribution in [-0.4, -0.2) is 45.2 Å². The lowest BCUT2D eigenvalue weighted by Crippen LogP contribution is -2.42. The first kappa shape index (κ1) is 28.3. The highest BCUT2D eigenvalue weighted by molar-refractivity contribution is 5.86. The smallest absolute Gasteiger partial charge is 0.242 e. The molecule has 210 valence electrons. The van der Waals surface area contributed by atoms with Crippen molar-refractivity contribution in [2.75, 3.05) is 26.6 Å². The van der Waals surface area contributed by atoms with Crippen molar-refractivity contribution in [3.63, 3.8) is 0 Å². The number of anilines is 1. The molecule has 2 aliphatic carbocycles. The van der Waals surface area contributed by atoms with Gasteiger partial charge in [-0.15, -0.1) is 0 Å². The predicted molar refractivity (Wildman–Crippen MR) is 151 cm³/mol. The molecule has 3 N–H and O–H groups in total. The van der Waals surface area contributed by atoms with Crippen molar-refractivity contribution in [1.29, 1.82) is 0 Å². The van der Waals surface area contributed by atoms with Crippen LogP contribution in [0.15, 0.2) is 29.1 Å². The quantitative estimate of drug-likeness (QED) is 0.420. The molecule has 9 heteroatoms. The summed E-state index contributed by atoms with van der Waals surface area (Å²) in [6.07, 6.45) is 3.75. The summed E-state index contributed by atoms with van der Waals surface area (Å²) in [5.74, 6) is 1.44. The zero-order valence-electron chi connectivity index (χ0n) is 23.6. The number of ether oxygens (including phenoxy) is 3. The Morgan fingerprint density at radius 1 is 0.974 bits per heavy atom. The van der Waals surface area contributed by atoms with Gasteiger partial charge in [0.25, 0.3) is 0 Å². The highest BCUT2D eigenvalue weighted by Crippen LogP contribution is 2.50. The Morgan fingerprint density at radius 2 is 1.69 bits per heavy atom. The summed E-state index contributed by atoms with van der Waals surface area (Å²) in [6, 6.07) is 6.34. The molecule has 39 heavy (non-hydrogen) atoms. The van der Waals surface area contributed by atoms with Crippen LogP contribution < -0.4 is 35.6 Å². The number of benzene rings is 1. The van der Waals surface area contributed by atoms with E-state index in [9.17, 15) is 14.4 Å². The summed E-state index contributed by atoms with van der Waals surface area (Å²) in [5, 5.41) is 9.30. The van der Waals surface area contributed by atoms with E-state index in [0.29, 0.717) is 47.8 Å². The average Bonchev–Trinajstić information content (AvgIpc) is 3.73. The Bertz CT molecular complexity index is 1300. The molecule has 0 unspecified atom stereocenters. The minimum atomic E-state index is -0.544. The van der Waals surface area contributed by atoms with Gasteiger partial charge in [-0.2, -0.15) is 0 Å². The van der Waals surface area contributed by atoms with Gasteiger partial charge in [-0.3, -0.25) is 14.4 Å². The monoisotopic (exact) mass is 537 g/mol. The minimum Gasteiger partial charge on any atom is -0.493 e.